The van der Waals surface area contributed by atoms with Gasteiger partial charge in [-0.05, 0) is 18.6 Å². The molecule has 4 nitrogen and oxygen atoms in total. The minimum atomic E-state index is -0.00403. The quantitative estimate of drug-likeness (QED) is 0.859. The van der Waals surface area contributed by atoms with E-state index in [4.69, 9.17) is 0 Å². The van der Waals surface area contributed by atoms with Crippen LogP contribution >= 0.6 is 11.8 Å². The highest BCUT2D eigenvalue weighted by Crippen LogP contribution is 2.37. The van der Waals surface area contributed by atoms with Crippen LogP contribution in [0.25, 0.3) is 0 Å². The molecule has 0 spiro atoms. The highest BCUT2D eigenvalue weighted by Gasteiger charge is 2.20. The fourth-order valence-corrected chi connectivity index (χ4v) is 3.06. The molecule has 1 fully saturated rings. The van der Waals surface area contributed by atoms with Gasteiger partial charge in [0.1, 0.15) is 5.82 Å². The van der Waals surface area contributed by atoms with Gasteiger partial charge in [-0.15, -0.1) is 0 Å². The van der Waals surface area contributed by atoms with Gasteiger partial charge in [-0.3, -0.25) is 4.79 Å². The molecule has 5 heteroatoms. The SMILES string of the molecule is CC(C)NCc1cnc(C2CCCS2)[nH]c1=O. The molecule has 0 saturated carbocycles. The molecule has 0 aromatic carbocycles. The largest absolute Gasteiger partial charge is 0.310 e. The molecule has 1 unspecified atom stereocenters. The van der Waals surface area contributed by atoms with E-state index in [0.717, 1.165) is 12.2 Å². The molecule has 1 atom stereocenters. The van der Waals surface area contributed by atoms with Gasteiger partial charge in [0.2, 0.25) is 0 Å². The lowest BCUT2D eigenvalue weighted by molar-refractivity contribution is 0.583. The Balaban J connectivity index is 2.08. The topological polar surface area (TPSA) is 57.8 Å². The fraction of sp³-hybridized carbons (Fsp3) is 0.667. The molecule has 17 heavy (non-hydrogen) atoms. The highest BCUT2D eigenvalue weighted by atomic mass is 32.2. The summed E-state index contributed by atoms with van der Waals surface area (Å²) in [5.41, 5.74) is 0.709. The number of hydrogen-bond acceptors (Lipinski definition) is 4. The minimum absolute atomic E-state index is 0.00403. The van der Waals surface area contributed by atoms with Crippen LogP contribution in [-0.2, 0) is 6.54 Å². The molecule has 1 aromatic rings. The lowest BCUT2D eigenvalue weighted by atomic mass is 10.2. The molecule has 1 aromatic heterocycles. The lowest BCUT2D eigenvalue weighted by Crippen LogP contribution is -2.27. The number of nitrogens with one attached hydrogen (secondary N) is 2. The van der Waals surface area contributed by atoms with Crippen LogP contribution < -0.4 is 10.9 Å². The molecule has 2 rings (SSSR count). The maximum Gasteiger partial charge on any atom is 0.255 e. The van der Waals surface area contributed by atoms with Crippen LogP contribution in [-0.4, -0.2) is 21.8 Å². The molecule has 1 aliphatic heterocycles. The van der Waals surface area contributed by atoms with Crippen molar-refractivity contribution in [3.05, 3.63) is 27.9 Å². The van der Waals surface area contributed by atoms with Crippen molar-refractivity contribution in [2.75, 3.05) is 5.75 Å². The van der Waals surface area contributed by atoms with Gasteiger partial charge < -0.3 is 10.3 Å². The van der Waals surface area contributed by atoms with E-state index in [-0.39, 0.29) is 5.56 Å². The van der Waals surface area contributed by atoms with Crippen LogP contribution in [0.3, 0.4) is 0 Å². The molecular weight excluding hydrogens is 234 g/mol. The standard InChI is InChI=1S/C12H19N3OS/c1-8(2)13-6-9-7-14-11(15-12(9)16)10-4-3-5-17-10/h7-8,10,13H,3-6H2,1-2H3,(H,14,15,16). The van der Waals surface area contributed by atoms with Crippen LogP contribution in [0.2, 0.25) is 0 Å². The van der Waals surface area contributed by atoms with E-state index in [9.17, 15) is 4.79 Å². The molecule has 2 heterocycles. The number of hydrogen-bond donors (Lipinski definition) is 2. The Morgan fingerprint density at radius 2 is 2.47 bits per heavy atom. The summed E-state index contributed by atoms with van der Waals surface area (Å²) in [7, 11) is 0. The predicted octanol–water partition coefficient (Wildman–Crippen LogP) is 1.84. The van der Waals surface area contributed by atoms with Crippen molar-refractivity contribution in [2.24, 2.45) is 0 Å². The molecule has 1 aliphatic rings. The monoisotopic (exact) mass is 253 g/mol. The maximum atomic E-state index is 11.9. The summed E-state index contributed by atoms with van der Waals surface area (Å²) in [5, 5.41) is 3.61. The molecule has 0 aliphatic carbocycles. The minimum Gasteiger partial charge on any atom is -0.310 e. The van der Waals surface area contributed by atoms with Crippen molar-refractivity contribution in [1.82, 2.24) is 15.3 Å². The predicted molar refractivity (Wildman–Crippen MR) is 71.3 cm³/mol. The second kappa shape index (κ2) is 5.69. The molecule has 1 saturated heterocycles. The summed E-state index contributed by atoms with van der Waals surface area (Å²) in [6.45, 7) is 4.70. The van der Waals surface area contributed by atoms with Gasteiger partial charge in [-0.1, -0.05) is 13.8 Å². The average Bonchev–Trinajstić information content (AvgIpc) is 2.80. The van der Waals surface area contributed by atoms with Gasteiger partial charge >= 0.3 is 0 Å². The van der Waals surface area contributed by atoms with Gasteiger partial charge in [-0.2, -0.15) is 11.8 Å². The maximum absolute atomic E-state index is 11.9. The molecule has 94 valence electrons. The molecule has 0 radical (unpaired) electrons. The number of nitrogens with zero attached hydrogens (tertiary/aromatic N) is 1. The summed E-state index contributed by atoms with van der Waals surface area (Å²) in [4.78, 5) is 19.2. The van der Waals surface area contributed by atoms with Gasteiger partial charge in [0.25, 0.3) is 5.56 Å². The normalized spacial score (nSPS) is 20.1. The smallest absolute Gasteiger partial charge is 0.255 e. The fourth-order valence-electron chi connectivity index (χ4n) is 1.83. The first-order valence-corrected chi connectivity index (χ1v) is 7.15. The van der Waals surface area contributed by atoms with E-state index in [1.54, 1.807) is 6.20 Å². The van der Waals surface area contributed by atoms with Crippen LogP contribution in [0.1, 0.15) is 43.3 Å². The Hall–Kier alpha value is -0.810. The average molecular weight is 253 g/mol. The number of rotatable bonds is 4. The summed E-state index contributed by atoms with van der Waals surface area (Å²) >= 11 is 1.88. The first-order valence-electron chi connectivity index (χ1n) is 6.10. The van der Waals surface area contributed by atoms with Crippen molar-refractivity contribution in [1.29, 1.82) is 0 Å². The van der Waals surface area contributed by atoms with Gasteiger partial charge in [0.05, 0.1) is 5.25 Å². The first-order chi connectivity index (χ1) is 8.16. The third-order valence-corrected chi connectivity index (χ3v) is 4.21. The van der Waals surface area contributed by atoms with Gasteiger partial charge in [0, 0.05) is 24.3 Å². The third-order valence-electron chi connectivity index (χ3n) is 2.83. The Kier molecular flexibility index (Phi) is 4.23. The van der Waals surface area contributed by atoms with Crippen molar-refractivity contribution >= 4 is 11.8 Å². The molecule has 2 N–H and O–H groups in total. The zero-order valence-corrected chi connectivity index (χ0v) is 11.1. The first kappa shape index (κ1) is 12.6. The number of H-pyrrole nitrogens is 1. The van der Waals surface area contributed by atoms with Gasteiger partial charge in [-0.25, -0.2) is 4.98 Å². The van der Waals surface area contributed by atoms with Crippen LogP contribution in [0.4, 0.5) is 0 Å². The number of aromatic amines is 1. The van der Waals surface area contributed by atoms with Crippen molar-refractivity contribution in [3.63, 3.8) is 0 Å². The zero-order valence-electron chi connectivity index (χ0n) is 10.3. The highest BCUT2D eigenvalue weighted by molar-refractivity contribution is 7.99. The van der Waals surface area contributed by atoms with E-state index >= 15 is 0 Å². The van der Waals surface area contributed by atoms with Gasteiger partial charge in [0.15, 0.2) is 0 Å². The second-order valence-electron chi connectivity index (χ2n) is 4.66. The summed E-state index contributed by atoms with van der Waals surface area (Å²) in [6.07, 6.45) is 4.05. The van der Waals surface area contributed by atoms with Crippen LogP contribution in [0.15, 0.2) is 11.0 Å². The lowest BCUT2D eigenvalue weighted by Gasteiger charge is -2.10. The Morgan fingerprint density at radius 3 is 3.06 bits per heavy atom. The second-order valence-corrected chi connectivity index (χ2v) is 5.97. The summed E-state index contributed by atoms with van der Waals surface area (Å²) in [5.74, 6) is 2.01. The molecule has 0 amide bonds. The zero-order chi connectivity index (χ0) is 12.3. The summed E-state index contributed by atoms with van der Waals surface area (Å²) in [6, 6.07) is 0.375. The van der Waals surface area contributed by atoms with E-state index < -0.39 is 0 Å². The van der Waals surface area contributed by atoms with Crippen LogP contribution in [0, 0.1) is 0 Å². The Labute approximate surface area is 106 Å². The van der Waals surface area contributed by atoms with E-state index in [0.29, 0.717) is 23.4 Å². The molecule has 0 bridgehead atoms. The van der Waals surface area contributed by atoms with Crippen molar-refractivity contribution in [2.45, 2.75) is 44.5 Å². The Bertz CT molecular complexity index is 424. The van der Waals surface area contributed by atoms with Crippen LogP contribution in [0.5, 0.6) is 0 Å². The summed E-state index contributed by atoms with van der Waals surface area (Å²) < 4.78 is 0. The number of aromatic nitrogens is 2. The number of thioether (sulfide) groups is 1. The van der Waals surface area contributed by atoms with Crippen molar-refractivity contribution < 1.29 is 0 Å². The van der Waals surface area contributed by atoms with E-state index in [1.807, 2.05) is 11.8 Å². The van der Waals surface area contributed by atoms with E-state index in [1.165, 1.54) is 12.2 Å². The van der Waals surface area contributed by atoms with E-state index in [2.05, 4.69) is 29.1 Å². The third kappa shape index (κ3) is 3.33. The molecular formula is C12H19N3OS. The Morgan fingerprint density at radius 1 is 1.65 bits per heavy atom. The van der Waals surface area contributed by atoms with Crippen molar-refractivity contribution in [3.8, 4) is 0 Å².